The van der Waals surface area contributed by atoms with E-state index in [1.165, 1.54) is 11.3 Å². The molecule has 0 unspecified atom stereocenters. The number of rotatable bonds is 3. The highest BCUT2D eigenvalue weighted by Crippen LogP contribution is 2.36. The molecule has 2 N–H and O–H groups in total. The van der Waals surface area contributed by atoms with Gasteiger partial charge in [0, 0.05) is 5.56 Å². The van der Waals surface area contributed by atoms with Gasteiger partial charge < -0.3 is 5.73 Å². The van der Waals surface area contributed by atoms with Crippen molar-refractivity contribution < 1.29 is 13.2 Å². The number of nitrogens with two attached hydrogens (primary N) is 1. The summed E-state index contributed by atoms with van der Waals surface area (Å²) in [7, 11) is 0. The lowest BCUT2D eigenvalue weighted by molar-refractivity contribution is -0.141. The van der Waals surface area contributed by atoms with Crippen molar-refractivity contribution in [2.24, 2.45) is 0 Å². The van der Waals surface area contributed by atoms with Crippen LogP contribution in [0.1, 0.15) is 24.6 Å². The average molecular weight is 287 g/mol. The Kier molecular flexibility index (Phi) is 3.75. The van der Waals surface area contributed by atoms with Crippen molar-refractivity contribution in [2.75, 3.05) is 5.73 Å². The summed E-state index contributed by atoms with van der Waals surface area (Å²) in [6.45, 7) is 1.81. The van der Waals surface area contributed by atoms with Gasteiger partial charge in [-0.3, -0.25) is 0 Å². The highest BCUT2D eigenvalue weighted by atomic mass is 32.1. The second-order valence-corrected chi connectivity index (χ2v) is 4.93. The highest BCUT2D eigenvalue weighted by molar-refractivity contribution is 7.13. The first kappa shape index (κ1) is 13.8. The van der Waals surface area contributed by atoms with Gasteiger partial charge in [-0.2, -0.15) is 13.2 Å². The molecule has 2 aromatic heterocycles. The van der Waals surface area contributed by atoms with Crippen LogP contribution in [0.25, 0.3) is 10.6 Å². The predicted molar refractivity (Wildman–Crippen MR) is 68.8 cm³/mol. The Morgan fingerprint density at radius 2 is 2.05 bits per heavy atom. The van der Waals surface area contributed by atoms with E-state index in [1.807, 2.05) is 6.92 Å². The van der Waals surface area contributed by atoms with E-state index in [4.69, 9.17) is 5.73 Å². The molecular weight excluding hydrogens is 275 g/mol. The van der Waals surface area contributed by atoms with Gasteiger partial charge in [-0.25, -0.2) is 9.97 Å². The number of anilines is 1. The molecule has 7 heteroatoms. The van der Waals surface area contributed by atoms with Crippen molar-refractivity contribution in [1.29, 1.82) is 0 Å². The van der Waals surface area contributed by atoms with Crippen LogP contribution in [0.15, 0.2) is 17.5 Å². The second kappa shape index (κ2) is 5.16. The summed E-state index contributed by atoms with van der Waals surface area (Å²) in [6.07, 6.45) is -3.68. The molecule has 2 rings (SSSR count). The van der Waals surface area contributed by atoms with E-state index in [-0.39, 0.29) is 23.6 Å². The van der Waals surface area contributed by atoms with Crippen LogP contribution >= 0.6 is 11.3 Å². The number of alkyl halides is 3. The van der Waals surface area contributed by atoms with Crippen molar-refractivity contribution >= 4 is 17.3 Å². The molecule has 2 aromatic rings. The first-order valence-electron chi connectivity index (χ1n) is 5.71. The fraction of sp³-hybridized carbons (Fsp3) is 0.333. The molecule has 0 aliphatic carbocycles. The maximum Gasteiger partial charge on any atom is 0.433 e. The van der Waals surface area contributed by atoms with Crippen LogP contribution in [-0.4, -0.2) is 9.97 Å². The zero-order chi connectivity index (χ0) is 14.0. The lowest BCUT2D eigenvalue weighted by Gasteiger charge is -2.15. The van der Waals surface area contributed by atoms with Gasteiger partial charge >= 0.3 is 6.18 Å². The first-order valence-corrected chi connectivity index (χ1v) is 6.59. The zero-order valence-corrected chi connectivity index (χ0v) is 11.0. The van der Waals surface area contributed by atoms with Crippen LogP contribution in [0, 0.1) is 0 Å². The largest absolute Gasteiger partial charge is 0.433 e. The summed E-state index contributed by atoms with van der Waals surface area (Å²) in [4.78, 5) is 8.03. The molecule has 0 aromatic carbocycles. The summed E-state index contributed by atoms with van der Waals surface area (Å²) < 4.78 is 39.1. The molecule has 2 heterocycles. The van der Waals surface area contributed by atoms with Crippen molar-refractivity contribution in [1.82, 2.24) is 9.97 Å². The number of nitrogens with zero attached hydrogens (tertiary/aromatic N) is 2. The molecule has 0 fully saturated rings. The third kappa shape index (κ3) is 2.86. The molecule has 0 aliphatic rings. The smallest absolute Gasteiger partial charge is 0.368 e. The number of nitrogen functional groups attached to an aromatic ring is 1. The molecule has 3 nitrogen and oxygen atoms in total. The molecule has 0 saturated carbocycles. The van der Waals surface area contributed by atoms with E-state index in [0.717, 1.165) is 0 Å². The van der Waals surface area contributed by atoms with Crippen molar-refractivity contribution in [3.8, 4) is 10.6 Å². The molecule has 0 bridgehead atoms. The maximum atomic E-state index is 13.0. The van der Waals surface area contributed by atoms with E-state index < -0.39 is 11.9 Å². The van der Waals surface area contributed by atoms with Gasteiger partial charge in [0.2, 0.25) is 5.95 Å². The second-order valence-electron chi connectivity index (χ2n) is 3.98. The molecule has 0 saturated heterocycles. The maximum absolute atomic E-state index is 13.0. The Morgan fingerprint density at radius 3 is 2.58 bits per heavy atom. The van der Waals surface area contributed by atoms with Gasteiger partial charge in [-0.1, -0.05) is 19.4 Å². The van der Waals surface area contributed by atoms with E-state index in [0.29, 0.717) is 11.3 Å². The van der Waals surface area contributed by atoms with Gasteiger partial charge in [0.25, 0.3) is 0 Å². The Morgan fingerprint density at radius 1 is 1.32 bits per heavy atom. The molecule has 0 amide bonds. The lowest BCUT2D eigenvalue weighted by Crippen LogP contribution is -2.16. The Labute approximate surface area is 112 Å². The highest BCUT2D eigenvalue weighted by Gasteiger charge is 2.37. The number of aromatic nitrogens is 2. The van der Waals surface area contributed by atoms with E-state index in [1.54, 1.807) is 17.5 Å². The SMILES string of the molecule is CCCc1c(-c2cccs2)nc(N)nc1C(F)(F)F. The van der Waals surface area contributed by atoms with E-state index in [9.17, 15) is 13.2 Å². The number of hydrogen-bond acceptors (Lipinski definition) is 4. The fourth-order valence-electron chi connectivity index (χ4n) is 1.84. The van der Waals surface area contributed by atoms with Crippen molar-refractivity contribution in [3.05, 3.63) is 28.8 Å². The molecule has 0 radical (unpaired) electrons. The van der Waals surface area contributed by atoms with Gasteiger partial charge in [0.15, 0.2) is 5.69 Å². The summed E-state index contributed by atoms with van der Waals surface area (Å²) in [5.41, 5.74) is 4.89. The summed E-state index contributed by atoms with van der Waals surface area (Å²) in [6, 6.07) is 3.49. The van der Waals surface area contributed by atoms with Gasteiger partial charge in [-0.15, -0.1) is 11.3 Å². The van der Waals surface area contributed by atoms with E-state index >= 15 is 0 Å². The normalized spacial score (nSPS) is 11.8. The zero-order valence-electron chi connectivity index (χ0n) is 10.2. The molecule has 102 valence electrons. The number of thiophene rings is 1. The van der Waals surface area contributed by atoms with Crippen LogP contribution in [0.5, 0.6) is 0 Å². The average Bonchev–Trinajstić information content (AvgIpc) is 2.83. The van der Waals surface area contributed by atoms with Gasteiger partial charge in [0.1, 0.15) is 0 Å². The van der Waals surface area contributed by atoms with Crippen LogP contribution in [0.4, 0.5) is 19.1 Å². The molecule has 0 atom stereocenters. The minimum Gasteiger partial charge on any atom is -0.368 e. The molecular formula is C12H12F3N3S. The third-order valence-corrected chi connectivity index (χ3v) is 3.42. The third-order valence-electron chi connectivity index (χ3n) is 2.55. The molecule has 0 aliphatic heterocycles. The van der Waals surface area contributed by atoms with Crippen LogP contribution < -0.4 is 5.73 Å². The van der Waals surface area contributed by atoms with Crippen LogP contribution in [-0.2, 0) is 12.6 Å². The standard InChI is InChI=1S/C12H12F3N3S/c1-2-4-7-9(8-5-3-6-19-8)17-11(16)18-10(7)12(13,14)15/h3,5-6H,2,4H2,1H3,(H2,16,17,18). The predicted octanol–water partition coefficient (Wildman–Crippen LogP) is 3.76. The summed E-state index contributed by atoms with van der Waals surface area (Å²) in [5.74, 6) is -0.351. The first-order chi connectivity index (χ1) is 8.93. The van der Waals surface area contributed by atoms with Crippen molar-refractivity contribution in [2.45, 2.75) is 25.9 Å². The molecule has 0 spiro atoms. The minimum absolute atomic E-state index is 0.117. The Hall–Kier alpha value is -1.63. The Balaban J connectivity index is 2.68. The fourth-order valence-corrected chi connectivity index (χ4v) is 2.58. The quantitative estimate of drug-likeness (QED) is 0.935. The minimum atomic E-state index is -4.52. The lowest BCUT2D eigenvalue weighted by atomic mass is 10.0. The van der Waals surface area contributed by atoms with Crippen LogP contribution in [0.2, 0.25) is 0 Å². The number of hydrogen-bond donors (Lipinski definition) is 1. The topological polar surface area (TPSA) is 51.8 Å². The summed E-state index contributed by atoms with van der Waals surface area (Å²) >= 11 is 1.33. The monoisotopic (exact) mass is 287 g/mol. The van der Waals surface area contributed by atoms with E-state index in [2.05, 4.69) is 9.97 Å². The molecule has 19 heavy (non-hydrogen) atoms. The van der Waals surface area contributed by atoms with Crippen LogP contribution in [0.3, 0.4) is 0 Å². The van der Waals surface area contributed by atoms with Gasteiger partial charge in [-0.05, 0) is 17.9 Å². The Bertz CT molecular complexity index is 564. The van der Waals surface area contributed by atoms with Gasteiger partial charge in [0.05, 0.1) is 10.6 Å². The number of halogens is 3. The summed E-state index contributed by atoms with van der Waals surface area (Å²) in [5, 5.41) is 1.79. The van der Waals surface area contributed by atoms with Crippen molar-refractivity contribution in [3.63, 3.8) is 0 Å².